The third-order valence-electron chi connectivity index (χ3n) is 43.1. The van der Waals surface area contributed by atoms with E-state index in [4.69, 9.17) is 28.4 Å². The minimum Gasteiger partial charge on any atom is -0.459 e. The van der Waals surface area contributed by atoms with Crippen molar-refractivity contribution in [3.8, 4) is 0 Å². The molecule has 0 aromatic carbocycles. The standard InChI is InChI=1S/C22H34O2.C21H32O2.C19H32O2.C18H30O2.C16H26O2.C13H21F3O2/c1-5-12(2)20(23)24-21(3,4)22-11-14-7-16-15-6-13(9-18(16)22)10-19(22)17(15)8-14;1-5-20(2,3)19(22)23-21(4)12-9-14-13-6-11-7-16(14)18(21)17(8-11)15(13)10-12;1-6-17(2,3)16(20)21-18(4,5)19-10-13-7-14(11-19)9-15(8-13)12-19;1-5-17(3,4)16(19)20-18(6-2)14-8-12-7-13(10-14)11-15(18)9-12;1-4-10(2)15(17)18-16(3)13-6-11-5-12(8-13)9-14(16)7-11;1-4-11(3,13(14,15)16)10(17)18-12(5-2)8-6-7-9-12/h12-19H,5-11H2,1-4H3;11-18H,5-10H2,1-4H3;13-15H,6-12H2,1-5H3;12-15H,5-11H2,1-4H3;10-14H,4-9H2,1-3H3;4-9H2,1-3H3. The lowest BCUT2D eigenvalue weighted by atomic mass is 9.28. The molecule has 704 valence electrons. The van der Waals surface area contributed by atoms with Gasteiger partial charge in [-0.1, -0.05) is 69.2 Å². The third kappa shape index (κ3) is 16.4. The number of hydrogen-bond donors (Lipinski definition) is 0. The smallest absolute Gasteiger partial charge is 0.404 e. The first kappa shape index (κ1) is 95.2. The molecule has 0 amide bonds. The molecule has 12 nitrogen and oxygen atoms in total. The largest absolute Gasteiger partial charge is 0.459 e. The van der Waals surface area contributed by atoms with E-state index in [-0.39, 0.29) is 97.8 Å². The summed E-state index contributed by atoms with van der Waals surface area (Å²) in [4.78, 5) is 74.8. The summed E-state index contributed by atoms with van der Waals surface area (Å²) >= 11 is 0. The Labute approximate surface area is 749 Å². The van der Waals surface area contributed by atoms with Crippen LogP contribution in [0.2, 0.25) is 0 Å². The molecule has 0 aromatic rings. The number of alkyl halides is 3. The lowest BCUT2D eigenvalue weighted by Crippen LogP contribution is -2.73. The van der Waals surface area contributed by atoms with Crippen molar-refractivity contribution in [3.05, 3.63) is 0 Å². The Morgan fingerprint density at radius 3 is 1.15 bits per heavy atom. The van der Waals surface area contributed by atoms with Crippen molar-refractivity contribution in [1.29, 1.82) is 0 Å². The highest BCUT2D eigenvalue weighted by Crippen LogP contribution is 2.80. The van der Waals surface area contributed by atoms with Crippen LogP contribution in [0.3, 0.4) is 0 Å². The number of rotatable bonds is 22. The van der Waals surface area contributed by atoms with Gasteiger partial charge in [0.2, 0.25) is 0 Å². The van der Waals surface area contributed by atoms with Crippen molar-refractivity contribution in [2.24, 2.45) is 198 Å². The van der Waals surface area contributed by atoms with E-state index in [0.717, 1.165) is 177 Å². The third-order valence-corrected chi connectivity index (χ3v) is 43.1. The van der Waals surface area contributed by atoms with Crippen LogP contribution < -0.4 is 0 Å². The summed E-state index contributed by atoms with van der Waals surface area (Å²) in [7, 11) is 0. The van der Waals surface area contributed by atoms with Crippen LogP contribution in [0.5, 0.6) is 0 Å². The summed E-state index contributed by atoms with van der Waals surface area (Å²) in [6.07, 6.45) is 41.5. The maximum atomic E-state index is 13.0. The zero-order valence-corrected chi connectivity index (χ0v) is 82.3. The van der Waals surface area contributed by atoms with Gasteiger partial charge in [-0.15, -0.1) is 0 Å². The molecule has 0 aromatic heterocycles. The first-order valence-electron chi connectivity index (χ1n) is 52.5. The van der Waals surface area contributed by atoms with Crippen molar-refractivity contribution < 1.29 is 70.4 Å². The molecule has 0 radical (unpaired) electrons. The van der Waals surface area contributed by atoms with Gasteiger partial charge >= 0.3 is 42.0 Å². The van der Waals surface area contributed by atoms with Crippen LogP contribution in [0.15, 0.2) is 0 Å². The minimum atomic E-state index is -4.56. The van der Waals surface area contributed by atoms with Crippen molar-refractivity contribution in [2.75, 3.05) is 0 Å². The number of carbonyl (C=O) groups excluding carboxylic acids is 6. The van der Waals surface area contributed by atoms with E-state index in [1.807, 2.05) is 62.3 Å². The van der Waals surface area contributed by atoms with Gasteiger partial charge in [-0.3, -0.25) is 28.8 Å². The number of esters is 6. The molecule has 12 unspecified atom stereocenters. The lowest BCUT2D eigenvalue weighted by Gasteiger charge is -2.77. The van der Waals surface area contributed by atoms with Gasteiger partial charge in [0.15, 0.2) is 5.41 Å². The van der Waals surface area contributed by atoms with Crippen molar-refractivity contribution >= 4 is 35.8 Å². The Morgan fingerprint density at radius 2 is 0.718 bits per heavy atom. The Kier molecular flexibility index (Phi) is 26.3. The van der Waals surface area contributed by atoms with Gasteiger partial charge in [0.25, 0.3) is 0 Å². The van der Waals surface area contributed by atoms with Crippen LogP contribution in [-0.2, 0) is 57.2 Å². The summed E-state index contributed by atoms with van der Waals surface area (Å²) in [6.45, 7) is 46.4. The van der Waals surface area contributed by atoms with Gasteiger partial charge in [-0.25, -0.2) is 0 Å². The van der Waals surface area contributed by atoms with Crippen LogP contribution in [0, 0.1) is 198 Å². The van der Waals surface area contributed by atoms with Crippen LogP contribution >= 0.6 is 0 Å². The molecule has 12 atom stereocenters. The molecule has 124 heavy (non-hydrogen) atoms. The van der Waals surface area contributed by atoms with Gasteiger partial charge in [0.05, 0.1) is 28.1 Å². The molecular weight excluding hydrogens is 1560 g/mol. The molecule has 0 N–H and O–H groups in total. The predicted molar refractivity (Wildman–Crippen MR) is 482 cm³/mol. The van der Waals surface area contributed by atoms with Crippen LogP contribution in [0.1, 0.15) is 410 Å². The molecule has 27 aliphatic carbocycles. The Hall–Kier alpha value is -3.39. The Balaban J connectivity index is 0.000000116. The lowest BCUT2D eigenvalue weighted by molar-refractivity contribution is -0.309. The normalized spacial score (nSPS) is 43.9. The van der Waals surface area contributed by atoms with Gasteiger partial charge in [0.1, 0.15) is 33.6 Å². The second-order valence-electron chi connectivity index (χ2n) is 51.1. The zero-order valence-electron chi connectivity index (χ0n) is 82.3. The van der Waals surface area contributed by atoms with Crippen LogP contribution in [0.25, 0.3) is 0 Å². The van der Waals surface area contributed by atoms with E-state index in [1.54, 1.807) is 0 Å². The highest BCUT2D eigenvalue weighted by molar-refractivity contribution is 5.79. The molecule has 0 spiro atoms. The number of hydrogen-bond acceptors (Lipinski definition) is 12. The minimum absolute atomic E-state index is 0.00857. The predicted octanol–water partition coefficient (Wildman–Crippen LogP) is 27.3. The number of carbonyl (C=O) groups is 6. The topological polar surface area (TPSA) is 158 Å². The van der Waals surface area contributed by atoms with Gasteiger partial charge in [-0.2, -0.15) is 13.2 Å². The fraction of sp³-hybridized carbons (Fsp3) is 0.945. The first-order valence-corrected chi connectivity index (χ1v) is 52.5. The second-order valence-corrected chi connectivity index (χ2v) is 51.1. The second kappa shape index (κ2) is 34.3. The SMILES string of the molecule is CCC(C)(C)C(=O)OC(C)(C)C12CC3CC(CC(C3)C1)C2.CCC(C)(C)C(=O)OC1(C)C2CC3C4CC5CC3C1C(C5)C4C2.CCC(C)(C)C(=O)OC1(CC)C2CC3CC(C2)CC1C3.CCC(C)C(=O)OC(C)(C)C12CC3CC4C5CC(CC41)CC2C5C3.CCC(C)C(=O)OC1(C)C2CC3CC(C2)CC1C3.CCC1(OC(=O)C(C)(CC)C(F)(F)F)CCCC1. The van der Waals surface area contributed by atoms with Crippen molar-refractivity contribution in [3.63, 3.8) is 0 Å². The van der Waals surface area contributed by atoms with E-state index >= 15 is 0 Å². The number of halogens is 3. The van der Waals surface area contributed by atoms with E-state index in [9.17, 15) is 41.9 Å². The molecule has 28 bridgehead atoms. The highest BCUT2D eigenvalue weighted by atomic mass is 19.4. The van der Waals surface area contributed by atoms with Crippen molar-refractivity contribution in [2.45, 2.75) is 449 Å². The maximum absolute atomic E-state index is 13.0. The van der Waals surface area contributed by atoms with Crippen molar-refractivity contribution in [1.82, 2.24) is 0 Å². The molecule has 27 fully saturated rings. The monoisotopic (exact) mass is 1730 g/mol. The zero-order chi connectivity index (χ0) is 89.9. The maximum Gasteiger partial charge on any atom is 0.404 e. The van der Waals surface area contributed by atoms with Crippen LogP contribution in [-0.4, -0.2) is 75.6 Å². The summed E-state index contributed by atoms with van der Waals surface area (Å²) in [6, 6.07) is 0. The van der Waals surface area contributed by atoms with E-state index in [1.165, 1.54) is 180 Å². The fourth-order valence-corrected chi connectivity index (χ4v) is 34.4. The molecule has 27 aliphatic rings. The van der Waals surface area contributed by atoms with E-state index < -0.39 is 23.2 Å². The summed E-state index contributed by atoms with van der Waals surface area (Å²) in [5, 5.41) is 0. The first-order chi connectivity index (χ1) is 58.0. The fourth-order valence-electron chi connectivity index (χ4n) is 34.4. The summed E-state index contributed by atoms with van der Waals surface area (Å²) < 4.78 is 75.3. The van der Waals surface area contributed by atoms with Crippen LogP contribution in [0.4, 0.5) is 13.2 Å². The molecular formula is C109H175F3O12. The summed E-state index contributed by atoms with van der Waals surface area (Å²) in [5.41, 5.74) is -4.59. The molecule has 0 heterocycles. The average Bonchev–Trinajstić information content (AvgIpc) is 0.663. The highest BCUT2D eigenvalue weighted by Gasteiger charge is 2.76. The summed E-state index contributed by atoms with van der Waals surface area (Å²) in [5.74, 6) is 21.7. The average molecular weight is 1730 g/mol. The molecule has 15 heteroatoms. The molecule has 0 aliphatic heterocycles. The van der Waals surface area contributed by atoms with E-state index in [2.05, 4.69) is 83.1 Å². The number of ether oxygens (including phenoxy) is 6. The quantitative estimate of drug-likeness (QED) is 0.0747. The molecule has 0 saturated heterocycles. The molecule has 27 saturated carbocycles. The van der Waals surface area contributed by atoms with Gasteiger partial charge < -0.3 is 28.4 Å². The Morgan fingerprint density at radius 1 is 0.347 bits per heavy atom. The Bertz CT molecular complexity index is 3710. The van der Waals surface area contributed by atoms with E-state index in [0.29, 0.717) is 60.2 Å². The van der Waals surface area contributed by atoms with Gasteiger partial charge in [0, 0.05) is 16.7 Å². The van der Waals surface area contributed by atoms with Gasteiger partial charge in [-0.05, 0) is 488 Å². The molecule has 27 rings (SSSR count).